The molecule has 8 heteroatoms. The Kier molecular flexibility index (Phi) is 4.14. The zero-order valence-corrected chi connectivity index (χ0v) is 14.2. The molecule has 2 N–H and O–H groups in total. The Morgan fingerprint density at radius 2 is 1.96 bits per heavy atom. The number of hydrogen-bond acceptors (Lipinski definition) is 5. The van der Waals surface area contributed by atoms with E-state index in [4.69, 9.17) is 0 Å². The summed E-state index contributed by atoms with van der Waals surface area (Å²) in [6.07, 6.45) is 0. The predicted molar refractivity (Wildman–Crippen MR) is 96.4 cm³/mol. The Morgan fingerprint density at radius 1 is 1.15 bits per heavy atom. The molecule has 0 unspecified atom stereocenters. The Balaban J connectivity index is 1.40. The van der Waals surface area contributed by atoms with Crippen LogP contribution in [0.4, 0.5) is 0 Å². The van der Waals surface area contributed by atoms with Crippen molar-refractivity contribution in [2.24, 2.45) is 0 Å². The van der Waals surface area contributed by atoms with Gasteiger partial charge in [0.2, 0.25) is 5.82 Å². The molecule has 0 spiro atoms. The van der Waals surface area contributed by atoms with Gasteiger partial charge in [-0.3, -0.25) is 4.79 Å². The van der Waals surface area contributed by atoms with Gasteiger partial charge in [-0.05, 0) is 36.4 Å². The van der Waals surface area contributed by atoms with E-state index in [1.165, 1.54) is 0 Å². The molecule has 0 fully saturated rings. The van der Waals surface area contributed by atoms with Gasteiger partial charge in [0.25, 0.3) is 5.91 Å². The number of fused-ring (bicyclic) bond motifs is 1. The maximum atomic E-state index is 12.3. The molecule has 8 nitrogen and oxygen atoms in total. The molecule has 0 saturated carbocycles. The van der Waals surface area contributed by atoms with Gasteiger partial charge in [0.1, 0.15) is 5.82 Å². The first-order valence-corrected chi connectivity index (χ1v) is 8.26. The molecule has 0 aliphatic rings. The summed E-state index contributed by atoms with van der Waals surface area (Å²) < 4.78 is 2.11. The zero-order valence-electron chi connectivity index (χ0n) is 14.2. The van der Waals surface area contributed by atoms with Crippen molar-refractivity contribution in [3.8, 4) is 11.4 Å². The molecule has 26 heavy (non-hydrogen) atoms. The van der Waals surface area contributed by atoms with Crippen molar-refractivity contribution in [2.45, 2.75) is 13.5 Å². The summed E-state index contributed by atoms with van der Waals surface area (Å²) in [6.45, 7) is 3.16. The third kappa shape index (κ3) is 3.04. The van der Waals surface area contributed by atoms with Gasteiger partial charge in [0.05, 0.1) is 11.0 Å². The summed E-state index contributed by atoms with van der Waals surface area (Å²) in [7, 11) is 0. The van der Waals surface area contributed by atoms with Crippen molar-refractivity contribution in [3.05, 3.63) is 59.9 Å². The number of benzene rings is 2. The summed E-state index contributed by atoms with van der Waals surface area (Å²) >= 11 is 0. The number of hydrogen-bond donors (Lipinski definition) is 2. The molecule has 0 saturated heterocycles. The molecule has 1 amide bonds. The number of aromatic nitrogens is 6. The topological polar surface area (TPSA) is 101 Å². The van der Waals surface area contributed by atoms with Gasteiger partial charge in [-0.1, -0.05) is 24.3 Å². The first kappa shape index (κ1) is 15.9. The SMILES string of the molecule is Cc1nc2ccccc2n1CCNC(=O)c1ccc(-c2nn[nH]n2)cc1. The lowest BCUT2D eigenvalue weighted by Gasteiger charge is -2.09. The van der Waals surface area contributed by atoms with Gasteiger partial charge in [-0.2, -0.15) is 5.21 Å². The standard InChI is InChI=1S/C18H17N7O/c1-12-20-15-4-2-3-5-16(15)25(12)11-10-19-18(26)14-8-6-13(7-9-14)17-21-23-24-22-17/h2-9H,10-11H2,1H3,(H,19,26)(H,21,22,23,24). The molecule has 2 aromatic heterocycles. The highest BCUT2D eigenvalue weighted by atomic mass is 16.1. The minimum Gasteiger partial charge on any atom is -0.350 e. The molecule has 0 atom stereocenters. The number of rotatable bonds is 5. The molecule has 4 aromatic rings. The van der Waals surface area contributed by atoms with Gasteiger partial charge >= 0.3 is 0 Å². The van der Waals surface area contributed by atoms with Crippen LogP contribution in [0.2, 0.25) is 0 Å². The van der Waals surface area contributed by atoms with Crippen molar-refractivity contribution in [2.75, 3.05) is 6.54 Å². The smallest absolute Gasteiger partial charge is 0.251 e. The van der Waals surface area contributed by atoms with E-state index in [0.717, 1.165) is 22.4 Å². The molecule has 2 aromatic carbocycles. The quantitative estimate of drug-likeness (QED) is 0.575. The number of carbonyl (C=O) groups is 1. The summed E-state index contributed by atoms with van der Waals surface area (Å²) in [5, 5.41) is 16.7. The lowest BCUT2D eigenvalue weighted by atomic mass is 10.1. The molecular weight excluding hydrogens is 330 g/mol. The van der Waals surface area contributed by atoms with Crippen LogP contribution in [0.3, 0.4) is 0 Å². The van der Waals surface area contributed by atoms with Crippen LogP contribution >= 0.6 is 0 Å². The van der Waals surface area contributed by atoms with Crippen LogP contribution in [0.25, 0.3) is 22.4 Å². The summed E-state index contributed by atoms with van der Waals surface area (Å²) in [5.41, 5.74) is 3.43. The van der Waals surface area contributed by atoms with Gasteiger partial charge in [-0.25, -0.2) is 4.98 Å². The van der Waals surface area contributed by atoms with Crippen molar-refractivity contribution in [3.63, 3.8) is 0 Å². The van der Waals surface area contributed by atoms with Crippen LogP contribution in [0.15, 0.2) is 48.5 Å². The molecule has 2 heterocycles. The van der Waals surface area contributed by atoms with E-state index in [9.17, 15) is 4.79 Å². The van der Waals surface area contributed by atoms with Gasteiger partial charge in [-0.15, -0.1) is 10.2 Å². The maximum absolute atomic E-state index is 12.3. The van der Waals surface area contributed by atoms with E-state index in [2.05, 4.69) is 35.5 Å². The highest BCUT2D eigenvalue weighted by molar-refractivity contribution is 5.94. The minimum absolute atomic E-state index is 0.119. The third-order valence-electron chi connectivity index (χ3n) is 4.22. The fraction of sp³-hybridized carbons (Fsp3) is 0.167. The number of para-hydroxylation sites is 2. The van der Waals surface area contributed by atoms with E-state index in [1.807, 2.05) is 31.2 Å². The van der Waals surface area contributed by atoms with Crippen molar-refractivity contribution < 1.29 is 4.79 Å². The number of carbonyl (C=O) groups excluding carboxylic acids is 1. The van der Waals surface area contributed by atoms with Crippen LogP contribution in [-0.2, 0) is 6.54 Å². The lowest BCUT2D eigenvalue weighted by molar-refractivity contribution is 0.0952. The lowest BCUT2D eigenvalue weighted by Crippen LogP contribution is -2.27. The van der Waals surface area contributed by atoms with E-state index in [0.29, 0.717) is 24.5 Å². The molecule has 0 aliphatic carbocycles. The summed E-state index contributed by atoms with van der Waals surface area (Å²) in [6, 6.07) is 15.1. The fourth-order valence-electron chi connectivity index (χ4n) is 2.92. The average molecular weight is 347 g/mol. The number of aromatic amines is 1. The Hall–Kier alpha value is -3.55. The van der Waals surface area contributed by atoms with Gasteiger partial charge < -0.3 is 9.88 Å². The first-order valence-electron chi connectivity index (χ1n) is 8.26. The number of amides is 1. The Morgan fingerprint density at radius 3 is 2.73 bits per heavy atom. The van der Waals surface area contributed by atoms with Gasteiger partial charge in [0, 0.05) is 24.2 Å². The largest absolute Gasteiger partial charge is 0.350 e. The molecular formula is C18H17N7O. The predicted octanol–water partition coefficient (Wildman–Crippen LogP) is 1.95. The highest BCUT2D eigenvalue weighted by Crippen LogP contribution is 2.15. The summed E-state index contributed by atoms with van der Waals surface area (Å²) in [4.78, 5) is 16.9. The van der Waals surface area contributed by atoms with E-state index >= 15 is 0 Å². The molecule has 0 bridgehead atoms. The number of nitrogens with zero attached hydrogens (tertiary/aromatic N) is 5. The van der Waals surface area contributed by atoms with Crippen LogP contribution in [0, 0.1) is 6.92 Å². The van der Waals surface area contributed by atoms with Crippen LogP contribution < -0.4 is 5.32 Å². The van der Waals surface area contributed by atoms with Crippen LogP contribution in [-0.4, -0.2) is 42.6 Å². The number of imidazole rings is 1. The monoisotopic (exact) mass is 347 g/mol. The Labute approximate surface area is 149 Å². The molecule has 130 valence electrons. The second kappa shape index (κ2) is 6.75. The van der Waals surface area contributed by atoms with Crippen molar-refractivity contribution in [1.29, 1.82) is 0 Å². The third-order valence-corrected chi connectivity index (χ3v) is 4.22. The first-order chi connectivity index (χ1) is 12.7. The van der Waals surface area contributed by atoms with E-state index in [-0.39, 0.29) is 5.91 Å². The number of H-pyrrole nitrogens is 1. The van der Waals surface area contributed by atoms with E-state index in [1.54, 1.807) is 24.3 Å². The normalized spacial score (nSPS) is 11.0. The van der Waals surface area contributed by atoms with Gasteiger partial charge in [0.15, 0.2) is 0 Å². The fourth-order valence-corrected chi connectivity index (χ4v) is 2.92. The molecule has 0 aliphatic heterocycles. The zero-order chi connectivity index (χ0) is 17.9. The van der Waals surface area contributed by atoms with Crippen molar-refractivity contribution >= 4 is 16.9 Å². The summed E-state index contributed by atoms with van der Waals surface area (Å²) in [5.74, 6) is 1.32. The number of nitrogens with one attached hydrogen (secondary N) is 2. The highest BCUT2D eigenvalue weighted by Gasteiger charge is 2.09. The minimum atomic E-state index is -0.119. The van der Waals surface area contributed by atoms with E-state index < -0.39 is 0 Å². The molecule has 0 radical (unpaired) electrons. The number of aryl methyl sites for hydroxylation is 1. The average Bonchev–Trinajstić information content (AvgIpc) is 3.30. The molecule has 4 rings (SSSR count). The maximum Gasteiger partial charge on any atom is 0.251 e. The Bertz CT molecular complexity index is 1040. The van der Waals surface area contributed by atoms with Crippen LogP contribution in [0.1, 0.15) is 16.2 Å². The second-order valence-corrected chi connectivity index (χ2v) is 5.87. The van der Waals surface area contributed by atoms with Crippen LogP contribution in [0.5, 0.6) is 0 Å². The van der Waals surface area contributed by atoms with Crippen molar-refractivity contribution in [1.82, 2.24) is 35.5 Å². The second-order valence-electron chi connectivity index (χ2n) is 5.87. The number of tetrazole rings is 1.